The number of rotatable bonds is 7. The number of hydrogen-bond donors (Lipinski definition) is 1. The first-order valence-electron chi connectivity index (χ1n) is 7.54. The van der Waals surface area contributed by atoms with Crippen LogP contribution in [-0.2, 0) is 13.0 Å². The zero-order chi connectivity index (χ0) is 14.4. The fourth-order valence-electron chi connectivity index (χ4n) is 2.35. The van der Waals surface area contributed by atoms with Gasteiger partial charge in [-0.25, -0.2) is 0 Å². The molecule has 1 aromatic heterocycles. The molecule has 1 unspecified atom stereocenters. The van der Waals surface area contributed by atoms with E-state index in [9.17, 15) is 0 Å². The highest BCUT2D eigenvalue weighted by atomic mass is 15.3. The molecule has 0 saturated heterocycles. The monoisotopic (exact) mass is 271 g/mol. The summed E-state index contributed by atoms with van der Waals surface area (Å²) in [6, 6.07) is 9.20. The standard InChI is InChI=1S/C17H25N3/c1-4-10-18-17(16-8-6-14(3)7-9-16)11-15-12-19-20(5-2)13-15/h6-9,12-13,17-18H,4-5,10-11H2,1-3H3. The van der Waals surface area contributed by atoms with Gasteiger partial charge in [-0.05, 0) is 44.4 Å². The van der Waals surface area contributed by atoms with Crippen LogP contribution < -0.4 is 5.32 Å². The number of benzene rings is 1. The third-order valence-electron chi connectivity index (χ3n) is 3.57. The van der Waals surface area contributed by atoms with Crippen molar-refractivity contribution in [3.05, 3.63) is 53.3 Å². The van der Waals surface area contributed by atoms with Crippen LogP contribution in [0.25, 0.3) is 0 Å². The molecule has 3 heteroatoms. The van der Waals surface area contributed by atoms with Gasteiger partial charge in [-0.2, -0.15) is 5.10 Å². The summed E-state index contributed by atoms with van der Waals surface area (Å²) in [6.45, 7) is 8.42. The van der Waals surface area contributed by atoms with Crippen molar-refractivity contribution in [2.75, 3.05) is 6.54 Å². The molecule has 2 aromatic rings. The molecule has 1 heterocycles. The van der Waals surface area contributed by atoms with E-state index in [2.05, 4.69) is 61.6 Å². The number of aromatic nitrogens is 2. The second kappa shape index (κ2) is 7.25. The Morgan fingerprint density at radius 3 is 2.55 bits per heavy atom. The number of nitrogens with one attached hydrogen (secondary N) is 1. The van der Waals surface area contributed by atoms with Gasteiger partial charge in [-0.15, -0.1) is 0 Å². The van der Waals surface area contributed by atoms with Crippen molar-refractivity contribution in [1.29, 1.82) is 0 Å². The summed E-state index contributed by atoms with van der Waals surface area (Å²) < 4.78 is 1.99. The van der Waals surface area contributed by atoms with Gasteiger partial charge in [0.25, 0.3) is 0 Å². The zero-order valence-electron chi connectivity index (χ0n) is 12.8. The normalized spacial score (nSPS) is 12.6. The lowest BCUT2D eigenvalue weighted by Crippen LogP contribution is -2.24. The Balaban J connectivity index is 2.12. The van der Waals surface area contributed by atoms with Gasteiger partial charge >= 0.3 is 0 Å². The number of nitrogens with zero attached hydrogens (tertiary/aromatic N) is 2. The summed E-state index contributed by atoms with van der Waals surface area (Å²) >= 11 is 0. The molecule has 3 nitrogen and oxygen atoms in total. The van der Waals surface area contributed by atoms with Crippen LogP contribution in [0, 0.1) is 6.92 Å². The van der Waals surface area contributed by atoms with E-state index in [1.807, 2.05) is 10.9 Å². The lowest BCUT2D eigenvalue weighted by atomic mass is 9.99. The van der Waals surface area contributed by atoms with Crippen molar-refractivity contribution in [2.45, 2.75) is 46.2 Å². The zero-order valence-corrected chi connectivity index (χ0v) is 12.8. The maximum Gasteiger partial charge on any atom is 0.0522 e. The number of aryl methyl sites for hydroxylation is 2. The summed E-state index contributed by atoms with van der Waals surface area (Å²) in [7, 11) is 0. The summed E-state index contributed by atoms with van der Waals surface area (Å²) in [6.07, 6.45) is 6.27. The summed E-state index contributed by atoms with van der Waals surface area (Å²) in [5.41, 5.74) is 3.95. The molecule has 1 aromatic carbocycles. The molecule has 1 atom stereocenters. The first-order chi connectivity index (χ1) is 9.72. The molecule has 20 heavy (non-hydrogen) atoms. The minimum absolute atomic E-state index is 0.366. The molecule has 0 amide bonds. The highest BCUT2D eigenvalue weighted by Gasteiger charge is 2.12. The summed E-state index contributed by atoms with van der Waals surface area (Å²) in [5.74, 6) is 0. The maximum absolute atomic E-state index is 4.36. The molecule has 0 aliphatic carbocycles. The van der Waals surface area contributed by atoms with E-state index < -0.39 is 0 Å². The van der Waals surface area contributed by atoms with Crippen molar-refractivity contribution >= 4 is 0 Å². The predicted molar refractivity (Wildman–Crippen MR) is 83.8 cm³/mol. The molecule has 2 rings (SSSR count). The van der Waals surface area contributed by atoms with Crippen LogP contribution in [0.5, 0.6) is 0 Å². The van der Waals surface area contributed by atoms with Crippen LogP contribution in [0.15, 0.2) is 36.7 Å². The highest BCUT2D eigenvalue weighted by molar-refractivity contribution is 5.25. The topological polar surface area (TPSA) is 29.9 Å². The first-order valence-corrected chi connectivity index (χ1v) is 7.54. The average Bonchev–Trinajstić information content (AvgIpc) is 2.92. The van der Waals surface area contributed by atoms with Gasteiger partial charge in [0.1, 0.15) is 0 Å². The Kier molecular flexibility index (Phi) is 5.36. The van der Waals surface area contributed by atoms with Gasteiger partial charge in [0.2, 0.25) is 0 Å². The second-order valence-electron chi connectivity index (χ2n) is 5.33. The summed E-state index contributed by atoms with van der Waals surface area (Å²) in [5, 5.41) is 8.01. The van der Waals surface area contributed by atoms with Crippen LogP contribution in [-0.4, -0.2) is 16.3 Å². The highest BCUT2D eigenvalue weighted by Crippen LogP contribution is 2.19. The van der Waals surface area contributed by atoms with Gasteiger partial charge in [-0.3, -0.25) is 4.68 Å². The van der Waals surface area contributed by atoms with Crippen LogP contribution in [0.2, 0.25) is 0 Å². The van der Waals surface area contributed by atoms with Gasteiger partial charge in [-0.1, -0.05) is 36.8 Å². The Bertz CT molecular complexity index is 513. The van der Waals surface area contributed by atoms with Crippen molar-refractivity contribution in [3.8, 4) is 0 Å². The lowest BCUT2D eigenvalue weighted by Gasteiger charge is -2.18. The van der Waals surface area contributed by atoms with Crippen LogP contribution in [0.1, 0.15) is 43.0 Å². The smallest absolute Gasteiger partial charge is 0.0522 e. The van der Waals surface area contributed by atoms with Crippen LogP contribution in [0.3, 0.4) is 0 Å². The van der Waals surface area contributed by atoms with E-state index in [0.29, 0.717) is 6.04 Å². The fraction of sp³-hybridized carbons (Fsp3) is 0.471. The van der Waals surface area contributed by atoms with E-state index in [1.165, 1.54) is 16.7 Å². The Hall–Kier alpha value is -1.61. The van der Waals surface area contributed by atoms with Crippen LogP contribution >= 0.6 is 0 Å². The minimum Gasteiger partial charge on any atom is -0.310 e. The van der Waals surface area contributed by atoms with Gasteiger partial charge < -0.3 is 5.32 Å². The molecule has 0 spiro atoms. The molecule has 0 aliphatic rings. The predicted octanol–water partition coefficient (Wildman–Crippen LogP) is 3.49. The Morgan fingerprint density at radius 2 is 1.95 bits per heavy atom. The molecule has 0 bridgehead atoms. The summed E-state index contributed by atoms with van der Waals surface area (Å²) in [4.78, 5) is 0. The van der Waals surface area contributed by atoms with Crippen molar-refractivity contribution in [2.24, 2.45) is 0 Å². The quantitative estimate of drug-likeness (QED) is 0.835. The van der Waals surface area contributed by atoms with E-state index in [-0.39, 0.29) is 0 Å². The number of hydrogen-bond acceptors (Lipinski definition) is 2. The molecule has 108 valence electrons. The third kappa shape index (κ3) is 3.94. The first kappa shape index (κ1) is 14.8. The fourth-order valence-corrected chi connectivity index (χ4v) is 2.35. The molecule has 0 saturated carbocycles. The third-order valence-corrected chi connectivity index (χ3v) is 3.57. The van der Waals surface area contributed by atoms with E-state index >= 15 is 0 Å². The van der Waals surface area contributed by atoms with E-state index in [1.54, 1.807) is 0 Å². The molecule has 0 aliphatic heterocycles. The minimum atomic E-state index is 0.366. The van der Waals surface area contributed by atoms with Gasteiger partial charge in [0.15, 0.2) is 0 Å². The lowest BCUT2D eigenvalue weighted by molar-refractivity contribution is 0.529. The van der Waals surface area contributed by atoms with Crippen molar-refractivity contribution in [3.63, 3.8) is 0 Å². The molecular weight excluding hydrogens is 246 g/mol. The Morgan fingerprint density at radius 1 is 1.20 bits per heavy atom. The molecule has 1 N–H and O–H groups in total. The average molecular weight is 271 g/mol. The molecular formula is C17H25N3. The van der Waals surface area contributed by atoms with E-state index in [4.69, 9.17) is 0 Å². The van der Waals surface area contributed by atoms with Crippen LogP contribution in [0.4, 0.5) is 0 Å². The SMILES string of the molecule is CCCNC(Cc1cnn(CC)c1)c1ccc(C)cc1. The van der Waals surface area contributed by atoms with Gasteiger partial charge in [0.05, 0.1) is 6.20 Å². The molecule has 0 fully saturated rings. The van der Waals surface area contributed by atoms with Gasteiger partial charge in [0, 0.05) is 18.8 Å². The largest absolute Gasteiger partial charge is 0.310 e. The second-order valence-corrected chi connectivity index (χ2v) is 5.33. The maximum atomic E-state index is 4.36. The Labute approximate surface area is 122 Å². The van der Waals surface area contributed by atoms with Crippen molar-refractivity contribution in [1.82, 2.24) is 15.1 Å². The van der Waals surface area contributed by atoms with Crippen molar-refractivity contribution < 1.29 is 0 Å². The molecule has 0 radical (unpaired) electrons. The van der Waals surface area contributed by atoms with E-state index in [0.717, 1.165) is 25.9 Å².